The first-order valence-electron chi connectivity index (χ1n) is 18.3. The van der Waals surface area contributed by atoms with Crippen LogP contribution in [0.1, 0.15) is 53.9 Å². The number of hydrogen-bond donors (Lipinski definition) is 2. The number of anilines is 3. The van der Waals surface area contributed by atoms with Crippen molar-refractivity contribution in [1.29, 1.82) is 0 Å². The molecule has 0 aromatic heterocycles. The molecule has 0 radical (unpaired) electrons. The summed E-state index contributed by atoms with van der Waals surface area (Å²) in [7, 11) is 0. The van der Waals surface area contributed by atoms with Gasteiger partial charge in [0.2, 0.25) is 0 Å². The number of hydrogen-bond acceptors (Lipinski definition) is 3. The molecule has 2 N–H and O–H groups in total. The van der Waals surface area contributed by atoms with E-state index < -0.39 is 0 Å². The van der Waals surface area contributed by atoms with E-state index in [0.717, 1.165) is 16.9 Å². The Morgan fingerprint density at radius 1 is 0.481 bits per heavy atom. The van der Waals surface area contributed by atoms with Gasteiger partial charge in [-0.25, -0.2) is 0 Å². The second-order valence-electron chi connectivity index (χ2n) is 14.7. The van der Waals surface area contributed by atoms with E-state index >= 15 is 0 Å². The summed E-state index contributed by atoms with van der Waals surface area (Å²) in [6.07, 6.45) is 2.30. The van der Waals surface area contributed by atoms with E-state index in [1.165, 1.54) is 67.0 Å². The SMILES string of the molecule is CC1(C)c2ccccc2-c2cc3c(cc21)-c1ccccc1N(c1ccccc1)c1ccc(C2=CC(c4ccccc4)NC(c4ccccc4)N2)cc1-3. The lowest BCUT2D eigenvalue weighted by Gasteiger charge is -2.33. The van der Waals surface area contributed by atoms with Gasteiger partial charge in [-0.15, -0.1) is 0 Å². The van der Waals surface area contributed by atoms with Crippen molar-refractivity contribution in [3.63, 3.8) is 0 Å². The molecule has 1 aliphatic carbocycles. The van der Waals surface area contributed by atoms with Gasteiger partial charge in [-0.1, -0.05) is 141 Å². The molecule has 0 saturated carbocycles. The Labute approximate surface area is 305 Å². The third kappa shape index (κ3) is 4.85. The first-order valence-corrected chi connectivity index (χ1v) is 18.3. The quantitative estimate of drug-likeness (QED) is 0.195. The predicted molar refractivity (Wildman–Crippen MR) is 216 cm³/mol. The molecule has 10 rings (SSSR count). The van der Waals surface area contributed by atoms with Crippen LogP contribution in [0.15, 0.2) is 176 Å². The van der Waals surface area contributed by atoms with Crippen molar-refractivity contribution in [2.24, 2.45) is 0 Å². The van der Waals surface area contributed by atoms with Gasteiger partial charge in [0.1, 0.15) is 6.17 Å². The van der Waals surface area contributed by atoms with E-state index in [4.69, 9.17) is 0 Å². The Bertz CT molecular complexity index is 2500. The molecule has 0 amide bonds. The van der Waals surface area contributed by atoms with Crippen LogP contribution in [0.4, 0.5) is 17.1 Å². The molecule has 2 unspecified atom stereocenters. The minimum absolute atomic E-state index is 0.0424. The average Bonchev–Trinajstić information content (AvgIpc) is 3.35. The maximum Gasteiger partial charge on any atom is 0.104 e. The van der Waals surface area contributed by atoms with Crippen LogP contribution in [-0.2, 0) is 5.41 Å². The molecule has 0 bridgehead atoms. The van der Waals surface area contributed by atoms with Gasteiger partial charge in [0, 0.05) is 27.9 Å². The van der Waals surface area contributed by atoms with Crippen molar-refractivity contribution in [2.75, 3.05) is 4.90 Å². The van der Waals surface area contributed by atoms with Crippen LogP contribution in [-0.4, -0.2) is 0 Å². The fraction of sp³-hybridized carbons (Fsp3) is 0.102. The summed E-state index contributed by atoms with van der Waals surface area (Å²) < 4.78 is 0. The largest absolute Gasteiger partial charge is 0.366 e. The van der Waals surface area contributed by atoms with E-state index in [1.54, 1.807) is 0 Å². The zero-order chi connectivity index (χ0) is 34.8. The van der Waals surface area contributed by atoms with Crippen molar-refractivity contribution < 1.29 is 0 Å². The highest BCUT2D eigenvalue weighted by atomic mass is 15.2. The lowest BCUT2D eigenvalue weighted by atomic mass is 9.80. The first kappa shape index (κ1) is 30.6. The van der Waals surface area contributed by atoms with Crippen LogP contribution < -0.4 is 15.5 Å². The molecule has 52 heavy (non-hydrogen) atoms. The Kier molecular flexibility index (Phi) is 7.06. The Morgan fingerprint density at radius 3 is 1.87 bits per heavy atom. The van der Waals surface area contributed by atoms with Crippen LogP contribution in [0.5, 0.6) is 0 Å². The summed E-state index contributed by atoms with van der Waals surface area (Å²) in [4.78, 5) is 2.45. The highest BCUT2D eigenvalue weighted by Crippen LogP contribution is 2.56. The minimum Gasteiger partial charge on any atom is -0.366 e. The van der Waals surface area contributed by atoms with E-state index in [-0.39, 0.29) is 17.6 Å². The maximum atomic E-state index is 3.89. The number of para-hydroxylation sites is 2. The van der Waals surface area contributed by atoms with E-state index in [9.17, 15) is 0 Å². The fourth-order valence-corrected chi connectivity index (χ4v) is 8.69. The van der Waals surface area contributed by atoms with Crippen LogP contribution >= 0.6 is 0 Å². The number of benzene rings is 7. The highest BCUT2D eigenvalue weighted by molar-refractivity contribution is 6.05. The van der Waals surface area contributed by atoms with Crippen LogP contribution in [0.3, 0.4) is 0 Å². The van der Waals surface area contributed by atoms with Crippen LogP contribution in [0.25, 0.3) is 39.1 Å². The lowest BCUT2D eigenvalue weighted by Crippen LogP contribution is -2.39. The van der Waals surface area contributed by atoms with Crippen LogP contribution in [0, 0.1) is 0 Å². The number of nitrogens with zero attached hydrogens (tertiary/aromatic N) is 1. The summed E-state index contributed by atoms with van der Waals surface area (Å²) in [6.45, 7) is 4.74. The molecule has 3 heteroatoms. The van der Waals surface area contributed by atoms with E-state index in [1.807, 2.05) is 0 Å². The molecule has 3 aliphatic rings. The minimum atomic E-state index is -0.102. The molecule has 2 atom stereocenters. The number of nitrogens with one attached hydrogen (secondary N) is 2. The maximum absolute atomic E-state index is 3.89. The fourth-order valence-electron chi connectivity index (χ4n) is 8.69. The van der Waals surface area contributed by atoms with Gasteiger partial charge < -0.3 is 10.2 Å². The van der Waals surface area contributed by atoms with Crippen molar-refractivity contribution in [1.82, 2.24) is 10.6 Å². The number of fused-ring (bicyclic) bond motifs is 8. The molecule has 0 saturated heterocycles. The summed E-state index contributed by atoms with van der Waals surface area (Å²) in [5.41, 5.74) is 18.5. The van der Waals surface area contributed by atoms with Crippen molar-refractivity contribution in [2.45, 2.75) is 31.5 Å². The van der Waals surface area contributed by atoms with Crippen molar-refractivity contribution in [3.05, 3.63) is 204 Å². The van der Waals surface area contributed by atoms with Crippen molar-refractivity contribution >= 4 is 22.8 Å². The summed E-state index contributed by atoms with van der Waals surface area (Å²) in [5, 5.41) is 7.76. The normalized spacial score (nSPS) is 17.7. The number of rotatable bonds is 4. The first-order chi connectivity index (χ1) is 25.5. The van der Waals surface area contributed by atoms with E-state index in [0.29, 0.717) is 0 Å². The third-order valence-corrected chi connectivity index (χ3v) is 11.3. The van der Waals surface area contributed by atoms with Gasteiger partial charge >= 0.3 is 0 Å². The lowest BCUT2D eigenvalue weighted by molar-refractivity contribution is 0.442. The molecule has 2 aliphatic heterocycles. The molecular formula is C49H39N3. The van der Waals surface area contributed by atoms with Gasteiger partial charge in [-0.3, -0.25) is 5.32 Å². The van der Waals surface area contributed by atoms with Crippen LogP contribution in [0.2, 0.25) is 0 Å². The predicted octanol–water partition coefficient (Wildman–Crippen LogP) is 12.1. The van der Waals surface area contributed by atoms with Gasteiger partial charge in [0.05, 0.1) is 17.4 Å². The van der Waals surface area contributed by atoms with Gasteiger partial charge in [-0.2, -0.15) is 0 Å². The van der Waals surface area contributed by atoms with Gasteiger partial charge in [0.25, 0.3) is 0 Å². The zero-order valence-electron chi connectivity index (χ0n) is 29.3. The topological polar surface area (TPSA) is 27.3 Å². The zero-order valence-corrected chi connectivity index (χ0v) is 29.3. The Morgan fingerprint density at radius 2 is 1.10 bits per heavy atom. The average molecular weight is 670 g/mol. The van der Waals surface area contributed by atoms with Crippen molar-refractivity contribution in [3.8, 4) is 33.4 Å². The summed E-state index contributed by atoms with van der Waals surface area (Å²) >= 11 is 0. The molecule has 250 valence electrons. The molecule has 0 spiro atoms. The highest BCUT2D eigenvalue weighted by Gasteiger charge is 2.38. The molecule has 7 aromatic rings. The second kappa shape index (κ2) is 12.0. The van der Waals surface area contributed by atoms with E-state index in [2.05, 4.69) is 205 Å². The monoisotopic (exact) mass is 669 g/mol. The Hall–Kier alpha value is -6.16. The van der Waals surface area contributed by atoms with Gasteiger partial charge in [-0.05, 0) is 98.6 Å². The molecular weight excluding hydrogens is 631 g/mol. The molecule has 3 nitrogen and oxygen atoms in total. The molecule has 0 fully saturated rings. The second-order valence-corrected chi connectivity index (χ2v) is 14.7. The standard InChI is InChI=1S/C49H39N3/c1-49(2)42-24-14-12-22-36(42)40-29-38-39(30-43(40)49)37-23-13-15-25-46(37)52(35-20-10-5-11-21-35)47-27-26-34(28-41(38)47)45-31-44(32-16-6-3-7-17-32)50-48(51-45)33-18-8-4-9-19-33/h3-31,44,48,50-51H,1-2H3. The molecule has 7 aromatic carbocycles. The van der Waals surface area contributed by atoms with Gasteiger partial charge in [0.15, 0.2) is 0 Å². The molecule has 2 heterocycles. The third-order valence-electron chi connectivity index (χ3n) is 11.3. The smallest absolute Gasteiger partial charge is 0.104 e. The summed E-state index contributed by atoms with van der Waals surface area (Å²) in [6, 6.07) is 62.2. The Balaban J connectivity index is 1.22. The summed E-state index contributed by atoms with van der Waals surface area (Å²) in [5.74, 6) is 0.